The van der Waals surface area contributed by atoms with Crippen LogP contribution in [0.1, 0.15) is 32.1 Å². The fourth-order valence-electron chi connectivity index (χ4n) is 4.36. The van der Waals surface area contributed by atoms with Crippen LogP contribution in [0.15, 0.2) is 17.5 Å². The largest absolute Gasteiger partial charge is 0.368 e. The van der Waals surface area contributed by atoms with Crippen molar-refractivity contribution in [1.29, 1.82) is 0 Å². The molecule has 2 aromatic heterocycles. The molecule has 1 saturated carbocycles. The predicted octanol–water partition coefficient (Wildman–Crippen LogP) is 0.957. The van der Waals surface area contributed by atoms with Gasteiger partial charge >= 0.3 is 0 Å². The summed E-state index contributed by atoms with van der Waals surface area (Å²) in [7, 11) is 3.71. The average Bonchev–Trinajstić information content (AvgIpc) is 3.46. The highest BCUT2D eigenvalue weighted by atomic mass is 15.3. The number of aromatic nitrogens is 4. The zero-order chi connectivity index (χ0) is 19.3. The second kappa shape index (κ2) is 8.72. The van der Waals surface area contributed by atoms with Gasteiger partial charge in [0.15, 0.2) is 11.6 Å². The molecular weight excluding hydrogens is 354 g/mol. The summed E-state index contributed by atoms with van der Waals surface area (Å²) in [5.74, 6) is 1.68. The zero-order valence-corrected chi connectivity index (χ0v) is 16.9. The van der Waals surface area contributed by atoms with Crippen LogP contribution < -0.4 is 16.0 Å². The van der Waals surface area contributed by atoms with Crippen LogP contribution in [0, 0.1) is 0 Å². The maximum absolute atomic E-state index is 4.38. The van der Waals surface area contributed by atoms with Crippen LogP contribution in [-0.2, 0) is 7.05 Å². The van der Waals surface area contributed by atoms with Gasteiger partial charge in [-0.3, -0.25) is 14.6 Å². The number of aryl methyl sites for hydroxylation is 1. The number of guanidine groups is 1. The van der Waals surface area contributed by atoms with Crippen molar-refractivity contribution in [2.45, 2.75) is 44.2 Å². The molecule has 3 N–H and O–H groups in total. The van der Waals surface area contributed by atoms with Gasteiger partial charge in [0, 0.05) is 52.4 Å². The maximum atomic E-state index is 4.38. The van der Waals surface area contributed by atoms with Crippen LogP contribution in [0.2, 0.25) is 0 Å². The molecular formula is C19H31N9. The van der Waals surface area contributed by atoms with Gasteiger partial charge in [0.1, 0.15) is 12.1 Å². The van der Waals surface area contributed by atoms with Crippen LogP contribution in [0.3, 0.4) is 0 Å². The second-order valence-corrected chi connectivity index (χ2v) is 7.72. The van der Waals surface area contributed by atoms with Gasteiger partial charge in [0.05, 0.1) is 11.6 Å². The molecule has 0 bridgehead atoms. The molecule has 1 saturated heterocycles. The molecule has 1 aliphatic heterocycles. The normalized spacial score (nSPS) is 21.5. The summed E-state index contributed by atoms with van der Waals surface area (Å²) in [5.41, 5.74) is 0.830. The maximum Gasteiger partial charge on any atom is 0.191 e. The highest BCUT2D eigenvalue weighted by Crippen LogP contribution is 2.26. The fraction of sp³-hybridized carbons (Fsp3) is 0.684. The van der Waals surface area contributed by atoms with E-state index in [1.54, 1.807) is 17.2 Å². The Morgan fingerprint density at radius 3 is 2.89 bits per heavy atom. The summed E-state index contributed by atoms with van der Waals surface area (Å²) < 4.78 is 1.75. The lowest BCUT2D eigenvalue weighted by atomic mass is 10.2. The van der Waals surface area contributed by atoms with E-state index < -0.39 is 0 Å². The molecule has 4 rings (SSSR count). The third-order valence-corrected chi connectivity index (χ3v) is 5.86. The van der Waals surface area contributed by atoms with Gasteiger partial charge in [-0.25, -0.2) is 9.97 Å². The van der Waals surface area contributed by atoms with Crippen LogP contribution in [-0.4, -0.2) is 75.9 Å². The molecule has 2 aromatic rings. The summed E-state index contributed by atoms with van der Waals surface area (Å²) in [6.07, 6.45) is 10.1. The third kappa shape index (κ3) is 4.19. The standard InChI is InChI=1S/C19H31N9/c1-20-19(26-14-7-10-28(12-14)15-5-3-4-6-15)22-9-8-21-17-16-11-25-27(2)18(16)24-13-23-17/h11,13-15H,3-10,12H2,1-2H3,(H2,20,22,26)(H,21,23,24). The summed E-state index contributed by atoms with van der Waals surface area (Å²) >= 11 is 0. The molecule has 1 unspecified atom stereocenters. The topological polar surface area (TPSA) is 95.3 Å². The van der Waals surface area contributed by atoms with E-state index in [1.165, 1.54) is 38.6 Å². The van der Waals surface area contributed by atoms with E-state index in [4.69, 9.17) is 0 Å². The number of nitrogens with one attached hydrogen (secondary N) is 3. The van der Waals surface area contributed by atoms with Crippen molar-refractivity contribution in [1.82, 2.24) is 35.3 Å². The first-order chi connectivity index (χ1) is 13.7. The van der Waals surface area contributed by atoms with Crippen LogP contribution in [0.5, 0.6) is 0 Å². The van der Waals surface area contributed by atoms with Gasteiger partial charge < -0.3 is 16.0 Å². The quantitative estimate of drug-likeness (QED) is 0.387. The molecule has 152 valence electrons. The molecule has 2 aliphatic rings. The molecule has 9 nitrogen and oxygen atoms in total. The monoisotopic (exact) mass is 385 g/mol. The summed E-state index contributed by atoms with van der Waals surface area (Å²) in [6, 6.07) is 1.29. The predicted molar refractivity (Wildman–Crippen MR) is 112 cm³/mol. The van der Waals surface area contributed by atoms with Crippen molar-refractivity contribution < 1.29 is 0 Å². The molecule has 0 spiro atoms. The highest BCUT2D eigenvalue weighted by Gasteiger charge is 2.30. The van der Waals surface area contributed by atoms with Crippen LogP contribution in [0.4, 0.5) is 5.82 Å². The van der Waals surface area contributed by atoms with Gasteiger partial charge in [-0.1, -0.05) is 12.8 Å². The van der Waals surface area contributed by atoms with Crippen LogP contribution in [0.25, 0.3) is 11.0 Å². The van der Waals surface area contributed by atoms with Crippen molar-refractivity contribution >= 4 is 22.8 Å². The molecule has 9 heteroatoms. The molecule has 3 heterocycles. The smallest absolute Gasteiger partial charge is 0.191 e. The molecule has 28 heavy (non-hydrogen) atoms. The summed E-state index contributed by atoms with van der Waals surface area (Å²) in [6.45, 7) is 3.82. The lowest BCUT2D eigenvalue weighted by molar-refractivity contribution is 0.242. The van der Waals surface area contributed by atoms with E-state index in [9.17, 15) is 0 Å². The van der Waals surface area contributed by atoms with Gasteiger partial charge in [0.2, 0.25) is 0 Å². The number of aliphatic imine (C=N–C) groups is 1. The van der Waals surface area contributed by atoms with Crippen molar-refractivity contribution in [3.8, 4) is 0 Å². The highest BCUT2D eigenvalue weighted by molar-refractivity contribution is 5.86. The van der Waals surface area contributed by atoms with Gasteiger partial charge in [-0.15, -0.1) is 0 Å². The van der Waals surface area contributed by atoms with Crippen molar-refractivity contribution in [3.05, 3.63) is 12.5 Å². The van der Waals surface area contributed by atoms with E-state index >= 15 is 0 Å². The Kier molecular flexibility index (Phi) is 5.90. The third-order valence-electron chi connectivity index (χ3n) is 5.86. The van der Waals surface area contributed by atoms with Crippen LogP contribution >= 0.6 is 0 Å². The average molecular weight is 386 g/mol. The van der Waals surface area contributed by atoms with Gasteiger partial charge in [-0.05, 0) is 19.3 Å². The lowest BCUT2D eigenvalue weighted by Crippen LogP contribution is -2.46. The number of nitrogens with zero attached hydrogens (tertiary/aromatic N) is 6. The summed E-state index contributed by atoms with van der Waals surface area (Å²) in [5, 5.41) is 15.5. The molecule has 0 aromatic carbocycles. The van der Waals surface area contributed by atoms with Gasteiger partial charge in [-0.2, -0.15) is 5.10 Å². The van der Waals surface area contributed by atoms with Gasteiger partial charge in [0.25, 0.3) is 0 Å². The Labute approximate surface area is 166 Å². The number of anilines is 1. The van der Waals surface area contributed by atoms with Crippen molar-refractivity contribution in [3.63, 3.8) is 0 Å². The van der Waals surface area contributed by atoms with Crippen molar-refractivity contribution in [2.24, 2.45) is 12.0 Å². The number of hydrogen-bond acceptors (Lipinski definition) is 6. The first kappa shape index (κ1) is 18.9. The Morgan fingerprint density at radius 2 is 2.07 bits per heavy atom. The Bertz CT molecular complexity index is 809. The Morgan fingerprint density at radius 1 is 1.21 bits per heavy atom. The van der Waals surface area contributed by atoms with E-state index in [2.05, 4.69) is 40.9 Å². The number of likely N-dealkylation sites (tertiary alicyclic amines) is 1. The molecule has 0 amide bonds. The Hall–Kier alpha value is -2.42. The minimum absolute atomic E-state index is 0.483. The van der Waals surface area contributed by atoms with E-state index in [1.807, 2.05) is 14.1 Å². The number of hydrogen-bond donors (Lipinski definition) is 3. The first-order valence-corrected chi connectivity index (χ1v) is 10.3. The van der Waals surface area contributed by atoms with Crippen molar-refractivity contribution in [2.75, 3.05) is 38.5 Å². The number of fused-ring (bicyclic) bond motifs is 1. The lowest BCUT2D eigenvalue weighted by Gasteiger charge is -2.24. The molecule has 0 radical (unpaired) electrons. The SMILES string of the molecule is CN=C(NCCNc1ncnc2c1cnn2C)NC1CCN(C2CCCC2)C1. The van der Waals surface area contributed by atoms with E-state index in [0.29, 0.717) is 6.04 Å². The van der Waals surface area contributed by atoms with E-state index in [-0.39, 0.29) is 0 Å². The summed E-state index contributed by atoms with van der Waals surface area (Å²) in [4.78, 5) is 15.6. The van der Waals surface area contributed by atoms with E-state index in [0.717, 1.165) is 48.5 Å². The molecule has 1 atom stereocenters. The molecule has 1 aliphatic carbocycles. The second-order valence-electron chi connectivity index (χ2n) is 7.72. The first-order valence-electron chi connectivity index (χ1n) is 10.3. The number of rotatable bonds is 6. The zero-order valence-electron chi connectivity index (χ0n) is 16.9. The Balaban J connectivity index is 1.21. The fourth-order valence-corrected chi connectivity index (χ4v) is 4.36. The molecule has 2 fully saturated rings. The minimum Gasteiger partial charge on any atom is -0.368 e. The minimum atomic E-state index is 0.483.